The molecule has 8 N–H and O–H groups in total. The van der Waals surface area contributed by atoms with Crippen LogP contribution < -0.4 is 32.3 Å². The minimum atomic E-state index is -1.37. The van der Waals surface area contributed by atoms with Crippen LogP contribution in [0, 0.1) is 0 Å². The molecule has 5 amide bonds. The second-order valence-electron chi connectivity index (χ2n) is 14.4. The average Bonchev–Trinajstić information content (AvgIpc) is 3.74. The molecule has 4 aromatic rings. The van der Waals surface area contributed by atoms with E-state index in [0.29, 0.717) is 28.8 Å². The van der Waals surface area contributed by atoms with Gasteiger partial charge in [0, 0.05) is 30.2 Å². The predicted molar refractivity (Wildman–Crippen MR) is 222 cm³/mol. The summed E-state index contributed by atoms with van der Waals surface area (Å²) in [5.74, 6) is -4.62. The van der Waals surface area contributed by atoms with Gasteiger partial charge in [-0.1, -0.05) is 103 Å². The number of fused-ring (bicyclic) bond motifs is 18. The lowest BCUT2D eigenvalue weighted by Gasteiger charge is -2.27. The summed E-state index contributed by atoms with van der Waals surface area (Å²) in [6.07, 6.45) is 2.38. The normalized spacial score (nSPS) is 23.4. The summed E-state index contributed by atoms with van der Waals surface area (Å²) < 4.78 is 0. The van der Waals surface area contributed by atoms with E-state index in [4.69, 9.17) is 5.73 Å². The van der Waals surface area contributed by atoms with Crippen molar-refractivity contribution in [3.63, 3.8) is 0 Å². The number of hydrogen-bond donors (Lipinski definition) is 7. The van der Waals surface area contributed by atoms with Gasteiger partial charge in [0.05, 0.1) is 12.5 Å². The molecule has 14 heteroatoms. The number of nitrogens with two attached hydrogens (primary N) is 1. The van der Waals surface area contributed by atoms with E-state index in [9.17, 15) is 33.9 Å². The van der Waals surface area contributed by atoms with Crippen molar-refractivity contribution in [3.8, 4) is 11.1 Å². The van der Waals surface area contributed by atoms with Crippen LogP contribution in [-0.2, 0) is 48.0 Å². The minimum Gasteiger partial charge on any atom is -0.480 e. The maximum atomic E-state index is 14.4. The highest BCUT2D eigenvalue weighted by Crippen LogP contribution is 2.28. The van der Waals surface area contributed by atoms with Crippen molar-refractivity contribution < 1.29 is 33.9 Å². The molecule has 3 aliphatic rings. The fraction of sp³-hybridized carbons (Fsp3) is 0.273. The standard InChI is InChI=1S/C44H46N6O7S/c45-34-26-39(51)47-37(25-33-12-7-21-58-33)43(55)49-36(23-28-13-17-31(18-14-28)30-10-5-2-6-11-30)41(53)48-35(22-27-8-3-1-4-9-27)42(54)50-38(44(56)57)24-29-15-19-32(20-16-29)46-40(34)52/h1-11,13-21,33-38H,12,22-26,45H2,(H,46,52)(H,47,51)(H,48,53)(H,49,55)(H,50,54)(H,56,57)/t33?,34-,35+,36-,37+,38-/m0/s1. The molecular weight excluding hydrogens is 757 g/mol. The average molecular weight is 803 g/mol. The van der Waals surface area contributed by atoms with E-state index in [-0.39, 0.29) is 30.9 Å². The van der Waals surface area contributed by atoms with Gasteiger partial charge in [0.1, 0.15) is 24.2 Å². The Kier molecular flexibility index (Phi) is 14.1. The van der Waals surface area contributed by atoms with Crippen molar-refractivity contribution in [1.29, 1.82) is 0 Å². The number of nitrogens with one attached hydrogen (secondary N) is 5. The molecule has 0 aromatic heterocycles. The molecule has 6 atom stereocenters. The first-order valence-corrected chi connectivity index (χ1v) is 20.0. The van der Waals surface area contributed by atoms with Crippen molar-refractivity contribution in [2.24, 2.45) is 5.73 Å². The molecule has 0 saturated carbocycles. The summed E-state index contributed by atoms with van der Waals surface area (Å²) in [6.45, 7) is 0. The number of thioether (sulfide) groups is 1. The number of amides is 5. The number of allylic oxidation sites excluding steroid dienone is 1. The molecule has 1 unspecified atom stereocenters. The highest BCUT2D eigenvalue weighted by atomic mass is 32.2. The summed E-state index contributed by atoms with van der Waals surface area (Å²) in [4.78, 5) is 81.5. The molecule has 13 nitrogen and oxygen atoms in total. The molecule has 0 radical (unpaired) electrons. The Balaban J connectivity index is 1.34. The summed E-state index contributed by atoms with van der Waals surface area (Å²) in [5, 5.41) is 25.7. The third-order valence-electron chi connectivity index (χ3n) is 9.98. The maximum absolute atomic E-state index is 14.4. The Bertz CT molecular complexity index is 2110. The van der Waals surface area contributed by atoms with Gasteiger partial charge in [-0.2, -0.15) is 0 Å². The van der Waals surface area contributed by atoms with E-state index >= 15 is 0 Å². The fourth-order valence-corrected chi connectivity index (χ4v) is 7.77. The molecule has 3 aliphatic heterocycles. The molecule has 2 bridgehead atoms. The summed E-state index contributed by atoms with van der Waals surface area (Å²) in [7, 11) is 0. The Morgan fingerprint density at radius 1 is 0.638 bits per heavy atom. The van der Waals surface area contributed by atoms with Gasteiger partial charge in [0.15, 0.2) is 0 Å². The zero-order valence-electron chi connectivity index (χ0n) is 31.6. The molecule has 7 rings (SSSR count). The third-order valence-corrected chi connectivity index (χ3v) is 11.1. The highest BCUT2D eigenvalue weighted by Gasteiger charge is 2.33. The van der Waals surface area contributed by atoms with Crippen molar-refractivity contribution in [3.05, 3.63) is 137 Å². The van der Waals surface area contributed by atoms with Crippen LogP contribution in [-0.4, -0.2) is 76.1 Å². The lowest BCUT2D eigenvalue weighted by Crippen LogP contribution is -2.59. The first-order valence-electron chi connectivity index (χ1n) is 19.1. The van der Waals surface area contributed by atoms with Crippen LogP contribution in [0.4, 0.5) is 5.69 Å². The van der Waals surface area contributed by atoms with Crippen LogP contribution in [0.3, 0.4) is 0 Å². The quantitative estimate of drug-likeness (QED) is 0.130. The number of anilines is 1. The zero-order valence-corrected chi connectivity index (χ0v) is 32.5. The molecule has 4 aromatic carbocycles. The lowest BCUT2D eigenvalue weighted by molar-refractivity contribution is -0.142. The zero-order chi connectivity index (χ0) is 41.0. The van der Waals surface area contributed by atoms with E-state index in [1.165, 1.54) is 11.8 Å². The number of carbonyl (C=O) groups excluding carboxylic acids is 5. The number of benzene rings is 4. The van der Waals surface area contributed by atoms with Crippen molar-refractivity contribution >= 4 is 53.0 Å². The molecule has 58 heavy (non-hydrogen) atoms. The SMILES string of the molecule is N[C@H]1CC(=O)N[C@H](CC2CC=CS2)C(=O)N[C@@H](Cc2ccc(-c3ccccc3)cc2)C(=O)N[C@H](Cc2ccccc2)C(=O)N[C@H](C(=O)O)Cc2ccc(cc2)NC1=O. The smallest absolute Gasteiger partial charge is 0.326 e. The maximum Gasteiger partial charge on any atom is 0.326 e. The van der Waals surface area contributed by atoms with E-state index in [2.05, 4.69) is 26.6 Å². The van der Waals surface area contributed by atoms with Crippen LogP contribution in [0.2, 0.25) is 0 Å². The summed E-state index contributed by atoms with van der Waals surface area (Å²) >= 11 is 1.52. The molecule has 0 aliphatic carbocycles. The second kappa shape index (κ2) is 19.7. The number of rotatable bonds is 8. The van der Waals surface area contributed by atoms with Crippen molar-refractivity contribution in [2.45, 2.75) is 74.0 Å². The Morgan fingerprint density at radius 3 is 1.81 bits per heavy atom. The largest absolute Gasteiger partial charge is 0.480 e. The van der Waals surface area contributed by atoms with Crippen LogP contribution in [0.25, 0.3) is 11.1 Å². The van der Waals surface area contributed by atoms with Gasteiger partial charge in [0.25, 0.3) is 0 Å². The van der Waals surface area contributed by atoms with Crippen LogP contribution in [0.1, 0.15) is 36.0 Å². The van der Waals surface area contributed by atoms with Crippen LogP contribution >= 0.6 is 11.8 Å². The van der Waals surface area contributed by atoms with Gasteiger partial charge >= 0.3 is 5.97 Å². The van der Waals surface area contributed by atoms with Gasteiger partial charge in [-0.3, -0.25) is 24.0 Å². The van der Waals surface area contributed by atoms with Crippen molar-refractivity contribution in [2.75, 3.05) is 5.32 Å². The Morgan fingerprint density at radius 2 is 1.21 bits per heavy atom. The van der Waals surface area contributed by atoms with Gasteiger partial charge < -0.3 is 37.4 Å². The van der Waals surface area contributed by atoms with Gasteiger partial charge in [-0.15, -0.1) is 11.8 Å². The van der Waals surface area contributed by atoms with E-state index in [1.807, 2.05) is 72.1 Å². The second-order valence-corrected chi connectivity index (χ2v) is 15.6. The molecule has 3 heterocycles. The number of hydrogen-bond acceptors (Lipinski definition) is 8. The monoisotopic (exact) mass is 802 g/mol. The van der Waals surface area contributed by atoms with Gasteiger partial charge in [-0.05, 0) is 58.2 Å². The lowest BCUT2D eigenvalue weighted by atomic mass is 9.98. The Hall–Kier alpha value is -6.25. The molecule has 0 saturated heterocycles. The van der Waals surface area contributed by atoms with Gasteiger partial charge in [-0.25, -0.2) is 4.79 Å². The van der Waals surface area contributed by atoms with Crippen molar-refractivity contribution in [1.82, 2.24) is 21.3 Å². The number of carbonyl (C=O) groups is 6. The van der Waals surface area contributed by atoms with E-state index < -0.39 is 72.1 Å². The Labute approximate surface area is 340 Å². The number of carboxylic acid groups (broad SMARTS) is 1. The third kappa shape index (κ3) is 11.6. The summed E-state index contributed by atoms with van der Waals surface area (Å²) in [6, 6.07) is 26.4. The first kappa shape index (κ1) is 41.4. The molecular formula is C44H46N6O7S. The predicted octanol–water partition coefficient (Wildman–Crippen LogP) is 3.48. The summed E-state index contributed by atoms with van der Waals surface area (Å²) in [5.41, 5.74) is 10.4. The van der Waals surface area contributed by atoms with E-state index in [0.717, 1.165) is 11.1 Å². The fourth-order valence-electron chi connectivity index (χ4n) is 6.80. The minimum absolute atomic E-state index is 0.0192. The van der Waals surface area contributed by atoms with E-state index in [1.54, 1.807) is 48.5 Å². The molecule has 0 spiro atoms. The highest BCUT2D eigenvalue weighted by molar-refractivity contribution is 8.03. The first-order chi connectivity index (χ1) is 28.0. The molecule has 300 valence electrons. The topological polar surface area (TPSA) is 209 Å². The van der Waals surface area contributed by atoms with Crippen LogP contribution in [0.5, 0.6) is 0 Å². The van der Waals surface area contributed by atoms with Gasteiger partial charge in [0.2, 0.25) is 29.5 Å². The molecule has 0 fully saturated rings. The van der Waals surface area contributed by atoms with Crippen LogP contribution in [0.15, 0.2) is 121 Å². The number of aliphatic carboxylic acids is 1. The number of carboxylic acids is 1.